The number of esters is 1. The van der Waals surface area contributed by atoms with Crippen molar-refractivity contribution in [2.45, 2.75) is 43.9 Å². The molecule has 0 unspecified atom stereocenters. The molecule has 28 heavy (non-hydrogen) atoms. The van der Waals surface area contributed by atoms with Crippen LogP contribution >= 0.6 is 0 Å². The summed E-state index contributed by atoms with van der Waals surface area (Å²) in [6, 6.07) is 16.0. The van der Waals surface area contributed by atoms with Gasteiger partial charge in [0.05, 0.1) is 18.8 Å². The molecule has 1 fully saturated rings. The summed E-state index contributed by atoms with van der Waals surface area (Å²) in [4.78, 5) is 12.1. The Kier molecular flexibility index (Phi) is 6.81. The van der Waals surface area contributed by atoms with Gasteiger partial charge in [-0.2, -0.15) is 0 Å². The van der Waals surface area contributed by atoms with Crippen molar-refractivity contribution in [1.29, 1.82) is 0 Å². The summed E-state index contributed by atoms with van der Waals surface area (Å²) in [6.45, 7) is 0.385. The van der Waals surface area contributed by atoms with Crippen LogP contribution < -0.4 is 0 Å². The summed E-state index contributed by atoms with van der Waals surface area (Å²) in [5.41, 5.74) is 1.73. The minimum Gasteiger partial charge on any atom is -0.508 e. The third-order valence-corrected chi connectivity index (χ3v) is 4.68. The van der Waals surface area contributed by atoms with Gasteiger partial charge in [-0.3, -0.25) is 0 Å². The molecule has 1 saturated carbocycles. The molecule has 1 aliphatic carbocycles. The lowest BCUT2D eigenvalue weighted by molar-refractivity contribution is -0.171. The van der Waals surface area contributed by atoms with E-state index in [0.29, 0.717) is 13.0 Å². The summed E-state index contributed by atoms with van der Waals surface area (Å²) < 4.78 is 11.2. The number of hydrogen-bond donors (Lipinski definition) is 3. The van der Waals surface area contributed by atoms with E-state index in [1.807, 2.05) is 30.3 Å². The first-order valence-corrected chi connectivity index (χ1v) is 9.20. The van der Waals surface area contributed by atoms with Gasteiger partial charge in [-0.15, -0.1) is 0 Å². The Morgan fingerprint density at radius 2 is 1.75 bits per heavy atom. The summed E-state index contributed by atoms with van der Waals surface area (Å²) in [7, 11) is 0. The van der Waals surface area contributed by atoms with Crippen LogP contribution in [0, 0.1) is 0 Å². The lowest BCUT2D eigenvalue weighted by Gasteiger charge is -2.36. The lowest BCUT2D eigenvalue weighted by Crippen LogP contribution is -2.48. The molecule has 0 spiro atoms. The molecular weight excluding hydrogens is 360 g/mol. The van der Waals surface area contributed by atoms with Crippen molar-refractivity contribution in [2.75, 3.05) is 0 Å². The quantitative estimate of drug-likeness (QED) is 0.523. The van der Waals surface area contributed by atoms with Gasteiger partial charge in [-0.05, 0) is 29.3 Å². The molecule has 2 aromatic rings. The minimum absolute atomic E-state index is 0.139. The monoisotopic (exact) mass is 384 g/mol. The van der Waals surface area contributed by atoms with Crippen molar-refractivity contribution in [3.05, 3.63) is 71.8 Å². The number of aromatic hydroxyl groups is 1. The zero-order valence-electron chi connectivity index (χ0n) is 15.3. The molecule has 0 radical (unpaired) electrons. The summed E-state index contributed by atoms with van der Waals surface area (Å²) in [5.74, 6) is -0.478. The van der Waals surface area contributed by atoms with Crippen molar-refractivity contribution in [2.24, 2.45) is 0 Å². The molecule has 0 bridgehead atoms. The Balaban J connectivity index is 1.55. The Morgan fingerprint density at radius 3 is 2.46 bits per heavy atom. The second-order valence-corrected chi connectivity index (χ2v) is 6.85. The highest BCUT2D eigenvalue weighted by Gasteiger charge is 2.38. The van der Waals surface area contributed by atoms with Gasteiger partial charge in [0.15, 0.2) is 0 Å². The molecule has 0 saturated heterocycles. The van der Waals surface area contributed by atoms with Crippen molar-refractivity contribution in [1.82, 2.24) is 0 Å². The van der Waals surface area contributed by atoms with Crippen LogP contribution in [0.1, 0.15) is 24.0 Å². The number of phenols is 1. The topological polar surface area (TPSA) is 96.2 Å². The van der Waals surface area contributed by atoms with Crippen LogP contribution in [0.3, 0.4) is 0 Å². The molecule has 4 atom stereocenters. The van der Waals surface area contributed by atoms with Crippen molar-refractivity contribution < 1.29 is 29.6 Å². The fourth-order valence-electron chi connectivity index (χ4n) is 3.13. The lowest BCUT2D eigenvalue weighted by atomic mass is 9.89. The second kappa shape index (κ2) is 9.50. The molecule has 0 heterocycles. The van der Waals surface area contributed by atoms with E-state index < -0.39 is 24.3 Å². The minimum atomic E-state index is -1.15. The Morgan fingerprint density at radius 1 is 1.04 bits per heavy atom. The number of hydrogen-bond acceptors (Lipinski definition) is 6. The molecule has 0 amide bonds. The first-order chi connectivity index (χ1) is 13.5. The zero-order chi connectivity index (χ0) is 19.9. The van der Waals surface area contributed by atoms with Crippen molar-refractivity contribution in [3.63, 3.8) is 0 Å². The Labute approximate surface area is 163 Å². The molecule has 3 rings (SSSR count). The third-order valence-electron chi connectivity index (χ3n) is 4.68. The smallest absolute Gasteiger partial charge is 0.331 e. The van der Waals surface area contributed by atoms with E-state index in [-0.39, 0.29) is 18.3 Å². The first kappa shape index (κ1) is 20.1. The molecule has 0 aromatic heterocycles. The number of benzene rings is 2. The fraction of sp³-hybridized carbons (Fsp3) is 0.318. The van der Waals surface area contributed by atoms with Crippen LogP contribution in [0.4, 0.5) is 0 Å². The molecule has 3 N–H and O–H groups in total. The molecular formula is C22H24O6. The highest BCUT2D eigenvalue weighted by atomic mass is 16.6. The Hall–Kier alpha value is -2.67. The van der Waals surface area contributed by atoms with E-state index in [0.717, 1.165) is 11.1 Å². The second-order valence-electron chi connectivity index (χ2n) is 6.85. The van der Waals surface area contributed by atoms with Gasteiger partial charge in [0.25, 0.3) is 0 Å². The van der Waals surface area contributed by atoms with Crippen molar-refractivity contribution in [3.8, 4) is 5.75 Å². The van der Waals surface area contributed by atoms with Gasteiger partial charge in [-0.1, -0.05) is 42.5 Å². The van der Waals surface area contributed by atoms with Gasteiger partial charge >= 0.3 is 5.97 Å². The third kappa shape index (κ3) is 5.66. The Bertz CT molecular complexity index is 786. The number of aliphatic hydroxyl groups is 2. The molecule has 6 heteroatoms. The number of rotatable bonds is 6. The molecule has 2 aromatic carbocycles. The number of carbonyl (C=O) groups excluding carboxylic acids is 1. The fourth-order valence-corrected chi connectivity index (χ4v) is 3.13. The van der Waals surface area contributed by atoms with E-state index in [9.17, 15) is 20.1 Å². The average Bonchev–Trinajstić information content (AvgIpc) is 2.70. The van der Waals surface area contributed by atoms with E-state index in [4.69, 9.17) is 9.47 Å². The molecule has 0 aliphatic heterocycles. The van der Waals surface area contributed by atoms with Crippen LogP contribution in [0.2, 0.25) is 0 Å². The summed E-state index contributed by atoms with van der Waals surface area (Å²) in [5, 5.41) is 29.5. The number of aliphatic hydroxyl groups excluding tert-OH is 2. The van der Waals surface area contributed by atoms with E-state index in [1.54, 1.807) is 18.2 Å². The van der Waals surface area contributed by atoms with Gasteiger partial charge in [0, 0.05) is 18.9 Å². The maximum absolute atomic E-state index is 12.1. The predicted molar refractivity (Wildman–Crippen MR) is 103 cm³/mol. The van der Waals surface area contributed by atoms with Crippen LogP contribution in [0.25, 0.3) is 6.08 Å². The van der Waals surface area contributed by atoms with Gasteiger partial charge in [0.2, 0.25) is 0 Å². The number of carbonyl (C=O) groups is 1. The average molecular weight is 384 g/mol. The van der Waals surface area contributed by atoms with Gasteiger partial charge < -0.3 is 24.8 Å². The highest BCUT2D eigenvalue weighted by Crippen LogP contribution is 2.26. The largest absolute Gasteiger partial charge is 0.508 e. The van der Waals surface area contributed by atoms with E-state index >= 15 is 0 Å². The zero-order valence-corrected chi connectivity index (χ0v) is 15.3. The van der Waals surface area contributed by atoms with E-state index in [1.165, 1.54) is 18.2 Å². The van der Waals surface area contributed by atoms with Crippen molar-refractivity contribution >= 4 is 12.0 Å². The predicted octanol–water partition coefficient (Wildman–Crippen LogP) is 2.42. The van der Waals surface area contributed by atoms with Crippen LogP contribution in [0.5, 0.6) is 5.75 Å². The molecule has 6 nitrogen and oxygen atoms in total. The summed E-state index contributed by atoms with van der Waals surface area (Å²) >= 11 is 0. The van der Waals surface area contributed by atoms with Gasteiger partial charge in [-0.25, -0.2) is 4.79 Å². The number of phenolic OH excluding ortho intramolecular Hbond substituents is 1. The van der Waals surface area contributed by atoms with Gasteiger partial charge in [0.1, 0.15) is 18.0 Å². The number of ether oxygens (including phenoxy) is 2. The first-order valence-electron chi connectivity index (χ1n) is 9.20. The van der Waals surface area contributed by atoms with Crippen LogP contribution in [0.15, 0.2) is 60.7 Å². The normalized spacial score (nSPS) is 24.9. The maximum Gasteiger partial charge on any atom is 0.331 e. The standard InChI is InChI=1S/C22H24O6/c23-17-9-6-15(7-10-17)8-11-21(25)28-20-13-18(12-19(24)22(20)26)27-14-16-4-2-1-3-5-16/h1-11,18-20,22-24,26H,12-14H2/b11-8+/t18-,19-,20+,22+/m0/s1. The van der Waals surface area contributed by atoms with Crippen LogP contribution in [-0.4, -0.2) is 45.7 Å². The van der Waals surface area contributed by atoms with Crippen LogP contribution in [-0.2, 0) is 20.9 Å². The SMILES string of the molecule is O=C(/C=C/c1ccc(O)cc1)O[C@@H]1C[C@@H](OCc2ccccc2)C[C@H](O)[C@H]1O. The molecule has 148 valence electrons. The highest BCUT2D eigenvalue weighted by molar-refractivity contribution is 5.87. The van der Waals surface area contributed by atoms with E-state index in [2.05, 4.69) is 0 Å². The maximum atomic E-state index is 12.1. The molecule has 1 aliphatic rings. The summed E-state index contributed by atoms with van der Waals surface area (Å²) in [6.07, 6.45) is 0.0568.